The maximum Gasteiger partial charge on any atom is 0.409 e. The number of epoxide rings is 1. The predicted octanol–water partition coefficient (Wildman–Crippen LogP) is 3.80. The number of anilines is 1. The Labute approximate surface area is 362 Å². The fraction of sp³-hybridized carbons (Fsp3) is 0.595. The van der Waals surface area contributed by atoms with Gasteiger partial charge in [0.05, 0.1) is 31.1 Å². The molecule has 1 aromatic carbocycles. The summed E-state index contributed by atoms with van der Waals surface area (Å²) < 4.78 is 56.9. The van der Waals surface area contributed by atoms with Gasteiger partial charge < -0.3 is 33.7 Å². The maximum absolute atomic E-state index is 14.2. The van der Waals surface area contributed by atoms with Crippen molar-refractivity contribution in [3.63, 3.8) is 0 Å². The summed E-state index contributed by atoms with van der Waals surface area (Å²) in [6.07, 6.45) is 4.57. The molecule has 2 saturated heterocycles. The number of fused-ring (bicyclic) bond motifs is 5. The molecule has 0 saturated carbocycles. The minimum Gasteiger partial charge on any atom is -0.495 e. The highest BCUT2D eigenvalue weighted by atomic mass is 35.5. The Morgan fingerprint density at radius 2 is 1.79 bits per heavy atom. The summed E-state index contributed by atoms with van der Waals surface area (Å²) in [5, 5.41) is 14.4. The molecule has 2 N–H and O–H groups in total. The lowest BCUT2D eigenvalue weighted by atomic mass is 9.83. The standard InChI is InChI=1S/C42H57ClN4O13S/c1-25-14-13-15-32(57-8)42(53)24-31(58-40(52)44-42)26(2)38-41(4,60-38)33(23-36(50)45(5)29-21-28(20-25)22-30(56-7)37(29)43)59-39(51)27(3)46(6)61(54,55)19-12-10-9-11-18-47-34(48)16-17-35(47)49/h13-17,21-22,26-27,31-33,38,53H,9-12,18-20,23-24H2,1-8H3,(H,44,52)/b15-13+,25-14+/t26-,27+,31+,32-,33+,38?,41+,42+/m1/s1. The molecule has 5 rings (SSSR count). The number of hydrogen-bond acceptors (Lipinski definition) is 13. The number of unbranched alkanes of at least 4 members (excludes halogenated alkanes) is 3. The molecule has 19 heteroatoms. The van der Waals surface area contributed by atoms with Crippen molar-refractivity contribution in [1.82, 2.24) is 14.5 Å². The number of aliphatic hydroxyl groups is 1. The highest BCUT2D eigenvalue weighted by Crippen LogP contribution is 2.49. The summed E-state index contributed by atoms with van der Waals surface area (Å²) in [6, 6.07) is 2.21. The summed E-state index contributed by atoms with van der Waals surface area (Å²) in [7, 11) is 1.71. The maximum atomic E-state index is 14.2. The van der Waals surface area contributed by atoms with E-state index in [4.69, 9.17) is 35.3 Å². The van der Waals surface area contributed by atoms with Gasteiger partial charge >= 0.3 is 12.1 Å². The number of alkyl carbamates (subject to hydrolysis) is 1. The number of imide groups is 1. The molecule has 4 bridgehead atoms. The average molecular weight is 893 g/mol. The van der Waals surface area contributed by atoms with E-state index >= 15 is 0 Å². The number of benzene rings is 1. The van der Waals surface area contributed by atoms with Crippen LogP contribution in [-0.2, 0) is 54.6 Å². The molecule has 4 aliphatic heterocycles. The molecular weight excluding hydrogens is 836 g/mol. The summed E-state index contributed by atoms with van der Waals surface area (Å²) >= 11 is 6.77. The zero-order valence-electron chi connectivity index (χ0n) is 35.8. The van der Waals surface area contributed by atoms with E-state index in [1.165, 1.54) is 52.3 Å². The average Bonchev–Trinajstić information content (AvgIpc) is 3.80. The van der Waals surface area contributed by atoms with Crippen LogP contribution in [0.25, 0.3) is 0 Å². The largest absolute Gasteiger partial charge is 0.495 e. The highest BCUT2D eigenvalue weighted by Gasteiger charge is 2.64. The fourth-order valence-electron chi connectivity index (χ4n) is 7.94. The van der Waals surface area contributed by atoms with Crippen molar-refractivity contribution < 1.29 is 61.2 Å². The minimum atomic E-state index is -3.97. The second-order valence-electron chi connectivity index (χ2n) is 16.3. The van der Waals surface area contributed by atoms with Crippen LogP contribution in [0.2, 0.25) is 5.02 Å². The van der Waals surface area contributed by atoms with Gasteiger partial charge in [-0.05, 0) is 57.7 Å². The lowest BCUT2D eigenvalue weighted by molar-refractivity contribution is -0.157. The fourth-order valence-corrected chi connectivity index (χ4v) is 9.67. The second-order valence-corrected chi connectivity index (χ2v) is 18.8. The van der Waals surface area contributed by atoms with Crippen LogP contribution in [0.15, 0.2) is 48.1 Å². The van der Waals surface area contributed by atoms with Gasteiger partial charge in [-0.1, -0.05) is 55.2 Å². The summed E-state index contributed by atoms with van der Waals surface area (Å²) in [5.41, 5.74) is -1.22. The van der Waals surface area contributed by atoms with E-state index in [1.54, 1.807) is 38.1 Å². The molecule has 336 valence electrons. The first-order chi connectivity index (χ1) is 28.6. The third-order valence-corrected chi connectivity index (χ3v) is 14.3. The number of methoxy groups -OCH3 is 2. The molecule has 4 amide bonds. The molecule has 1 aromatic rings. The number of carbonyl (C=O) groups is 5. The summed E-state index contributed by atoms with van der Waals surface area (Å²) in [4.78, 5) is 67.1. The van der Waals surface area contributed by atoms with E-state index in [2.05, 4.69) is 5.32 Å². The number of esters is 1. The first-order valence-electron chi connectivity index (χ1n) is 20.2. The van der Waals surface area contributed by atoms with E-state index in [0.29, 0.717) is 37.1 Å². The van der Waals surface area contributed by atoms with Gasteiger partial charge in [-0.2, -0.15) is 4.31 Å². The van der Waals surface area contributed by atoms with Gasteiger partial charge in [0.2, 0.25) is 15.9 Å². The monoisotopic (exact) mass is 892 g/mol. The second kappa shape index (κ2) is 19.4. The van der Waals surface area contributed by atoms with Crippen LogP contribution in [0.1, 0.15) is 71.8 Å². The molecule has 61 heavy (non-hydrogen) atoms. The normalized spacial score (nSPS) is 30.3. The smallest absolute Gasteiger partial charge is 0.409 e. The Hall–Kier alpha value is -4.33. The zero-order chi connectivity index (χ0) is 45.0. The number of amides is 4. The van der Waals surface area contributed by atoms with Gasteiger partial charge in [0.15, 0.2) is 5.72 Å². The van der Waals surface area contributed by atoms with Crippen molar-refractivity contribution in [3.8, 4) is 5.75 Å². The lowest BCUT2D eigenvalue weighted by Crippen LogP contribution is -2.63. The highest BCUT2D eigenvalue weighted by molar-refractivity contribution is 7.89. The van der Waals surface area contributed by atoms with Gasteiger partial charge in [-0.3, -0.25) is 29.4 Å². The van der Waals surface area contributed by atoms with Crippen molar-refractivity contribution in [3.05, 3.63) is 58.7 Å². The molecule has 0 spiro atoms. The first kappa shape index (κ1) is 47.7. The molecule has 1 unspecified atom stereocenters. The van der Waals surface area contributed by atoms with Gasteiger partial charge in [0.1, 0.15) is 40.7 Å². The van der Waals surface area contributed by atoms with Crippen LogP contribution in [-0.4, -0.2) is 135 Å². The SMILES string of the molecule is COc1cc2cc(c1Cl)N(C)C(=O)C[C@H](OC(=O)[C@H](C)N(C)S(=O)(=O)CCCCCCN1C(=O)C=CC1=O)[C@]1(C)OC1[C@H](C)[C@@H]1C[C@@](O)(NC(=O)O1)[C@H](OC)/C=C/C=C(\C)C2. The first-order valence-corrected chi connectivity index (χ1v) is 22.2. The zero-order valence-corrected chi connectivity index (χ0v) is 37.4. The van der Waals surface area contributed by atoms with E-state index in [0.717, 1.165) is 20.3 Å². The summed E-state index contributed by atoms with van der Waals surface area (Å²) in [6.45, 7) is 6.93. The van der Waals surface area contributed by atoms with Crippen molar-refractivity contribution >= 4 is 57.1 Å². The molecule has 4 aliphatic rings. The number of nitrogens with one attached hydrogen (secondary N) is 1. The molecule has 17 nitrogen and oxygen atoms in total. The summed E-state index contributed by atoms with van der Waals surface area (Å²) in [5.74, 6) is -2.73. The number of sulfonamides is 1. The van der Waals surface area contributed by atoms with Crippen molar-refractivity contribution in [1.29, 1.82) is 0 Å². The lowest BCUT2D eigenvalue weighted by Gasteiger charge is -2.42. The van der Waals surface area contributed by atoms with Gasteiger partial charge in [0.25, 0.3) is 11.8 Å². The van der Waals surface area contributed by atoms with Crippen LogP contribution in [0, 0.1) is 5.92 Å². The van der Waals surface area contributed by atoms with Crippen LogP contribution in [0.4, 0.5) is 10.5 Å². The Morgan fingerprint density at radius 1 is 1.11 bits per heavy atom. The number of carbonyl (C=O) groups excluding carboxylic acids is 5. The van der Waals surface area contributed by atoms with Gasteiger partial charge in [-0.15, -0.1) is 0 Å². The Morgan fingerprint density at radius 3 is 2.44 bits per heavy atom. The van der Waals surface area contributed by atoms with E-state index < -0.39 is 82.1 Å². The Bertz CT molecular complexity index is 2060. The number of halogens is 1. The number of hydrogen-bond donors (Lipinski definition) is 2. The number of nitrogens with zero attached hydrogens (tertiary/aromatic N) is 3. The van der Waals surface area contributed by atoms with Crippen LogP contribution >= 0.6 is 11.6 Å². The molecule has 8 atom stereocenters. The van der Waals surface area contributed by atoms with Crippen LogP contribution in [0.3, 0.4) is 0 Å². The van der Waals surface area contributed by atoms with Crippen molar-refractivity contribution in [2.75, 3.05) is 45.5 Å². The van der Waals surface area contributed by atoms with E-state index in [-0.39, 0.29) is 42.0 Å². The third-order valence-electron chi connectivity index (χ3n) is 12.0. The van der Waals surface area contributed by atoms with Crippen molar-refractivity contribution in [2.24, 2.45) is 5.92 Å². The molecule has 0 aromatic heterocycles. The molecule has 4 heterocycles. The minimum absolute atomic E-state index is 0.105. The molecular formula is C42H57ClN4O13S. The molecule has 2 fully saturated rings. The van der Waals surface area contributed by atoms with Crippen molar-refractivity contribution in [2.45, 2.75) is 114 Å². The topological polar surface area (TPSA) is 211 Å². The number of rotatable bonds is 13. The van der Waals surface area contributed by atoms with Gasteiger partial charge in [0, 0.05) is 52.2 Å². The number of allylic oxidation sites excluding steroid dienone is 3. The van der Waals surface area contributed by atoms with E-state index in [1.807, 2.05) is 13.0 Å². The number of likely N-dealkylation sites (N-methyl/N-ethyl adjacent to an activating group) is 1. The van der Waals surface area contributed by atoms with E-state index in [9.17, 15) is 37.5 Å². The number of ether oxygens (including phenoxy) is 5. The molecule has 0 radical (unpaired) electrons. The van der Waals surface area contributed by atoms with Gasteiger partial charge in [-0.25, -0.2) is 13.2 Å². The Balaban J connectivity index is 1.38. The van der Waals surface area contributed by atoms with Crippen LogP contribution in [0.5, 0.6) is 5.75 Å². The third kappa shape index (κ3) is 10.8. The molecule has 0 aliphatic carbocycles. The Kier molecular flexibility index (Phi) is 15.2. The quantitative estimate of drug-likeness (QED) is 0.125. The predicted molar refractivity (Wildman–Crippen MR) is 224 cm³/mol. The van der Waals surface area contributed by atoms with Crippen LogP contribution < -0.4 is 15.0 Å².